The standard InChI is InChI=1S/C18H25F2N5.HI/c1-12(2)11-25-8-7-22-17(25)10-23-18(21-4)24-13(3)14-5-6-15(19)16(20)9-14;/h5-9,12-13H,10-11H2,1-4H3,(H2,21,23,24);1H. The van der Waals surface area contributed by atoms with Crippen molar-refractivity contribution in [3.05, 3.63) is 53.6 Å². The van der Waals surface area contributed by atoms with E-state index in [-0.39, 0.29) is 30.0 Å². The van der Waals surface area contributed by atoms with Gasteiger partial charge in [0.05, 0.1) is 12.6 Å². The highest BCUT2D eigenvalue weighted by atomic mass is 127. The highest BCUT2D eigenvalue weighted by Gasteiger charge is 2.12. The average Bonchev–Trinajstić information content (AvgIpc) is 3.00. The molecule has 1 atom stereocenters. The Hall–Kier alpha value is -1.71. The SMILES string of the molecule is CN=C(NCc1nccn1CC(C)C)NC(C)c1ccc(F)c(F)c1.I. The Bertz CT molecular complexity index is 730. The first-order valence-electron chi connectivity index (χ1n) is 8.32. The zero-order valence-corrected chi connectivity index (χ0v) is 17.8. The third kappa shape index (κ3) is 6.22. The number of aromatic nitrogens is 2. The van der Waals surface area contributed by atoms with Gasteiger partial charge in [0, 0.05) is 26.0 Å². The molecule has 8 heteroatoms. The highest BCUT2D eigenvalue weighted by molar-refractivity contribution is 14.0. The van der Waals surface area contributed by atoms with Crippen molar-refractivity contribution in [1.82, 2.24) is 20.2 Å². The van der Waals surface area contributed by atoms with Crippen LogP contribution in [0.15, 0.2) is 35.6 Å². The summed E-state index contributed by atoms with van der Waals surface area (Å²) >= 11 is 0. The van der Waals surface area contributed by atoms with E-state index in [0.717, 1.165) is 18.4 Å². The fourth-order valence-electron chi connectivity index (χ4n) is 2.49. The van der Waals surface area contributed by atoms with Crippen molar-refractivity contribution in [3.63, 3.8) is 0 Å². The summed E-state index contributed by atoms with van der Waals surface area (Å²) in [5.41, 5.74) is 0.642. The number of nitrogens with zero attached hydrogens (tertiary/aromatic N) is 3. The van der Waals surface area contributed by atoms with Gasteiger partial charge in [-0.25, -0.2) is 13.8 Å². The minimum atomic E-state index is -0.857. The molecule has 0 amide bonds. The van der Waals surface area contributed by atoms with Crippen LogP contribution in [-0.2, 0) is 13.1 Å². The third-order valence-corrected chi connectivity index (χ3v) is 3.80. The molecule has 0 aliphatic carbocycles. The quantitative estimate of drug-likeness (QED) is 0.378. The summed E-state index contributed by atoms with van der Waals surface area (Å²) in [6, 6.07) is 3.65. The van der Waals surface area contributed by atoms with E-state index < -0.39 is 11.6 Å². The summed E-state index contributed by atoms with van der Waals surface area (Å²) in [6.07, 6.45) is 3.73. The minimum absolute atomic E-state index is 0. The summed E-state index contributed by atoms with van der Waals surface area (Å²) in [6.45, 7) is 7.58. The Morgan fingerprint density at radius 3 is 2.58 bits per heavy atom. The van der Waals surface area contributed by atoms with E-state index in [4.69, 9.17) is 0 Å². The van der Waals surface area contributed by atoms with Crippen LogP contribution in [0.2, 0.25) is 0 Å². The van der Waals surface area contributed by atoms with Crippen molar-refractivity contribution in [3.8, 4) is 0 Å². The van der Waals surface area contributed by atoms with Gasteiger partial charge in [-0.3, -0.25) is 4.99 Å². The molecule has 26 heavy (non-hydrogen) atoms. The number of nitrogens with one attached hydrogen (secondary N) is 2. The molecule has 5 nitrogen and oxygen atoms in total. The maximum Gasteiger partial charge on any atom is 0.191 e. The molecular weight excluding hydrogens is 451 g/mol. The molecule has 2 N–H and O–H groups in total. The van der Waals surface area contributed by atoms with Gasteiger partial charge in [-0.2, -0.15) is 0 Å². The van der Waals surface area contributed by atoms with E-state index in [0.29, 0.717) is 24.0 Å². The Morgan fingerprint density at radius 2 is 1.96 bits per heavy atom. The van der Waals surface area contributed by atoms with Gasteiger partial charge in [0.1, 0.15) is 5.82 Å². The molecule has 0 aliphatic heterocycles. The highest BCUT2D eigenvalue weighted by Crippen LogP contribution is 2.15. The Kier molecular flexibility index (Phi) is 8.97. The molecule has 0 bridgehead atoms. The molecule has 1 heterocycles. The van der Waals surface area contributed by atoms with Crippen LogP contribution in [0.3, 0.4) is 0 Å². The molecule has 0 spiro atoms. The molecule has 1 unspecified atom stereocenters. The normalized spacial score (nSPS) is 12.7. The number of halogens is 3. The molecule has 1 aromatic heterocycles. The van der Waals surface area contributed by atoms with Gasteiger partial charge in [-0.05, 0) is 30.5 Å². The smallest absolute Gasteiger partial charge is 0.191 e. The van der Waals surface area contributed by atoms with Crippen LogP contribution in [0, 0.1) is 17.6 Å². The molecule has 144 valence electrons. The lowest BCUT2D eigenvalue weighted by Crippen LogP contribution is -2.38. The Balaban J connectivity index is 0.00000338. The van der Waals surface area contributed by atoms with Crippen molar-refractivity contribution in [2.75, 3.05) is 7.05 Å². The zero-order chi connectivity index (χ0) is 18.4. The average molecular weight is 477 g/mol. The van der Waals surface area contributed by atoms with Gasteiger partial charge in [-0.1, -0.05) is 19.9 Å². The van der Waals surface area contributed by atoms with Crippen LogP contribution in [-0.4, -0.2) is 22.6 Å². The minimum Gasteiger partial charge on any atom is -0.350 e. The fraction of sp³-hybridized carbons (Fsp3) is 0.444. The molecule has 0 aliphatic rings. The van der Waals surface area contributed by atoms with E-state index in [9.17, 15) is 8.78 Å². The van der Waals surface area contributed by atoms with Crippen LogP contribution in [0.5, 0.6) is 0 Å². The maximum atomic E-state index is 13.4. The number of hydrogen-bond donors (Lipinski definition) is 2. The van der Waals surface area contributed by atoms with Crippen molar-refractivity contribution in [2.45, 2.75) is 39.9 Å². The number of hydrogen-bond acceptors (Lipinski definition) is 2. The van der Waals surface area contributed by atoms with E-state index in [1.54, 1.807) is 19.3 Å². The van der Waals surface area contributed by atoms with Crippen molar-refractivity contribution >= 4 is 29.9 Å². The summed E-state index contributed by atoms with van der Waals surface area (Å²) in [4.78, 5) is 8.53. The lowest BCUT2D eigenvalue weighted by atomic mass is 10.1. The molecule has 0 fully saturated rings. The van der Waals surface area contributed by atoms with E-state index in [2.05, 4.69) is 39.0 Å². The van der Waals surface area contributed by atoms with Gasteiger partial charge in [0.25, 0.3) is 0 Å². The summed E-state index contributed by atoms with van der Waals surface area (Å²) in [5, 5.41) is 6.36. The van der Waals surface area contributed by atoms with Crippen molar-refractivity contribution in [1.29, 1.82) is 0 Å². The maximum absolute atomic E-state index is 13.4. The third-order valence-electron chi connectivity index (χ3n) is 3.80. The first-order valence-corrected chi connectivity index (χ1v) is 8.32. The van der Waals surface area contributed by atoms with Crippen LogP contribution in [0.4, 0.5) is 8.78 Å². The molecule has 1 aromatic carbocycles. The second-order valence-electron chi connectivity index (χ2n) is 6.36. The number of aliphatic imine (C=N–C) groups is 1. The van der Waals surface area contributed by atoms with Gasteiger partial charge in [0.2, 0.25) is 0 Å². The number of imidazole rings is 1. The van der Waals surface area contributed by atoms with Crippen LogP contribution in [0.1, 0.15) is 38.2 Å². The van der Waals surface area contributed by atoms with E-state index in [1.165, 1.54) is 6.07 Å². The van der Waals surface area contributed by atoms with Crippen molar-refractivity contribution in [2.24, 2.45) is 10.9 Å². The van der Waals surface area contributed by atoms with Gasteiger partial charge in [-0.15, -0.1) is 24.0 Å². The molecule has 2 rings (SSSR count). The first-order chi connectivity index (χ1) is 11.9. The second kappa shape index (κ2) is 10.4. The Labute approximate surface area is 170 Å². The number of benzene rings is 1. The van der Waals surface area contributed by atoms with Crippen LogP contribution in [0.25, 0.3) is 0 Å². The molecule has 0 saturated carbocycles. The topological polar surface area (TPSA) is 54.2 Å². The second-order valence-corrected chi connectivity index (χ2v) is 6.36. The monoisotopic (exact) mass is 477 g/mol. The summed E-state index contributed by atoms with van der Waals surface area (Å²) in [5.74, 6) is 0.299. The van der Waals surface area contributed by atoms with E-state index >= 15 is 0 Å². The lowest BCUT2D eigenvalue weighted by Gasteiger charge is -2.19. The van der Waals surface area contributed by atoms with Crippen LogP contribution >= 0.6 is 24.0 Å². The van der Waals surface area contributed by atoms with E-state index in [1.807, 2.05) is 13.1 Å². The van der Waals surface area contributed by atoms with Gasteiger partial charge < -0.3 is 15.2 Å². The van der Waals surface area contributed by atoms with Crippen molar-refractivity contribution < 1.29 is 8.78 Å². The molecule has 2 aromatic rings. The van der Waals surface area contributed by atoms with Crippen LogP contribution < -0.4 is 10.6 Å². The molecular formula is C18H26F2IN5. The predicted octanol–water partition coefficient (Wildman–Crippen LogP) is 3.86. The summed E-state index contributed by atoms with van der Waals surface area (Å²) < 4.78 is 28.5. The van der Waals surface area contributed by atoms with Gasteiger partial charge >= 0.3 is 0 Å². The Morgan fingerprint density at radius 1 is 1.23 bits per heavy atom. The fourth-order valence-corrected chi connectivity index (χ4v) is 2.49. The molecule has 0 saturated heterocycles. The number of guanidine groups is 1. The summed E-state index contributed by atoms with van der Waals surface area (Å²) in [7, 11) is 1.66. The molecule has 0 radical (unpaired) electrons. The lowest BCUT2D eigenvalue weighted by molar-refractivity contribution is 0.502. The largest absolute Gasteiger partial charge is 0.350 e. The number of rotatable bonds is 6. The predicted molar refractivity (Wildman–Crippen MR) is 111 cm³/mol. The first kappa shape index (κ1) is 22.3. The van der Waals surface area contributed by atoms with Gasteiger partial charge in [0.15, 0.2) is 17.6 Å². The zero-order valence-electron chi connectivity index (χ0n) is 15.5.